The zero-order valence-electron chi connectivity index (χ0n) is 9.73. The second-order valence-corrected chi connectivity index (χ2v) is 3.96. The average molecular weight is 241 g/mol. The fourth-order valence-electron chi connectivity index (χ4n) is 1.04. The molecule has 2 N–H and O–H groups in total. The fraction of sp³-hybridized carbons (Fsp3) is 0.500. The number of nitrogens with zero attached hydrogens (tertiary/aromatic N) is 1. The maximum Gasteiger partial charge on any atom is 0.265 e. The lowest BCUT2D eigenvalue weighted by Crippen LogP contribution is -2.36. The van der Waals surface area contributed by atoms with Crippen molar-refractivity contribution in [3.05, 3.63) is 32.8 Å². The molecule has 17 heavy (non-hydrogen) atoms. The van der Waals surface area contributed by atoms with E-state index in [2.05, 4.69) is 10.6 Å². The van der Waals surface area contributed by atoms with Gasteiger partial charge in [-0.3, -0.25) is 24.3 Å². The highest BCUT2D eigenvalue weighted by Crippen LogP contribution is 1.89. The van der Waals surface area contributed by atoms with E-state index in [1.54, 1.807) is 0 Å². The molecule has 7 nitrogen and oxygen atoms in total. The highest BCUT2D eigenvalue weighted by Gasteiger charge is 2.05. The number of H-pyrrole nitrogens is 1. The number of aromatic amines is 1. The minimum Gasteiger partial charge on any atom is -0.273 e. The van der Waals surface area contributed by atoms with Gasteiger partial charge in [-0.25, -0.2) is 10.2 Å². The molecule has 0 aliphatic heterocycles. The molecule has 0 unspecified atom stereocenters. The first-order valence-electron chi connectivity index (χ1n) is 5.20. The molecule has 94 valence electrons. The van der Waals surface area contributed by atoms with E-state index in [4.69, 9.17) is 4.84 Å². The second kappa shape index (κ2) is 6.00. The summed E-state index contributed by atoms with van der Waals surface area (Å²) in [5.74, 6) is -0.218. The maximum atomic E-state index is 11.3. The van der Waals surface area contributed by atoms with Gasteiger partial charge in [0.15, 0.2) is 0 Å². The van der Waals surface area contributed by atoms with Crippen LogP contribution < -0.4 is 16.6 Å². The normalized spacial score (nSPS) is 10.5. The summed E-state index contributed by atoms with van der Waals surface area (Å²) in [7, 11) is 0. The third kappa shape index (κ3) is 4.64. The molecule has 0 atom stereocenters. The van der Waals surface area contributed by atoms with Crippen molar-refractivity contribution in [3.8, 4) is 0 Å². The lowest BCUT2D eigenvalue weighted by Gasteiger charge is -2.08. The van der Waals surface area contributed by atoms with Crippen LogP contribution in [0, 0.1) is 5.92 Å². The van der Waals surface area contributed by atoms with Crippen molar-refractivity contribution in [2.75, 3.05) is 6.61 Å². The van der Waals surface area contributed by atoms with Gasteiger partial charge in [-0.2, -0.15) is 0 Å². The summed E-state index contributed by atoms with van der Waals surface area (Å²) in [6, 6.07) is 2.20. The topological polar surface area (TPSA) is 93.2 Å². The van der Waals surface area contributed by atoms with E-state index in [0.29, 0.717) is 6.61 Å². The average Bonchev–Trinajstić information content (AvgIpc) is 2.23. The first kappa shape index (κ1) is 13.2. The van der Waals surface area contributed by atoms with Gasteiger partial charge in [-0.1, -0.05) is 13.8 Å². The minimum absolute atomic E-state index is 0.285. The zero-order chi connectivity index (χ0) is 12.8. The number of aromatic nitrogens is 2. The van der Waals surface area contributed by atoms with Crippen LogP contribution in [0.4, 0.5) is 0 Å². The second-order valence-electron chi connectivity index (χ2n) is 3.96. The first-order valence-corrected chi connectivity index (χ1v) is 5.20. The lowest BCUT2D eigenvalue weighted by molar-refractivity contribution is -0.135. The molecule has 1 rings (SSSR count). The van der Waals surface area contributed by atoms with Crippen LogP contribution in [-0.4, -0.2) is 22.3 Å². The highest BCUT2D eigenvalue weighted by molar-refractivity contribution is 5.74. The van der Waals surface area contributed by atoms with E-state index in [1.165, 1.54) is 0 Å². The number of hydroxylamine groups is 1. The monoisotopic (exact) mass is 241 g/mol. The third-order valence-corrected chi connectivity index (χ3v) is 1.79. The number of carbonyl (C=O) groups excluding carboxylic acids is 1. The van der Waals surface area contributed by atoms with Gasteiger partial charge in [-0.15, -0.1) is 0 Å². The van der Waals surface area contributed by atoms with Gasteiger partial charge in [-0.05, 0) is 5.92 Å². The van der Waals surface area contributed by atoms with Crippen molar-refractivity contribution in [1.82, 2.24) is 15.3 Å². The van der Waals surface area contributed by atoms with Crippen molar-refractivity contribution in [3.63, 3.8) is 0 Å². The number of nitrogens with one attached hydrogen (secondary N) is 2. The van der Waals surface area contributed by atoms with Crippen molar-refractivity contribution >= 4 is 5.91 Å². The Morgan fingerprint density at radius 2 is 2.18 bits per heavy atom. The summed E-state index contributed by atoms with van der Waals surface area (Å²) in [4.78, 5) is 38.4. The van der Waals surface area contributed by atoms with Crippen LogP contribution in [0.3, 0.4) is 0 Å². The predicted octanol–water partition coefficient (Wildman–Crippen LogP) is -0.760. The zero-order valence-corrected chi connectivity index (χ0v) is 9.73. The van der Waals surface area contributed by atoms with E-state index in [9.17, 15) is 14.4 Å². The summed E-state index contributed by atoms with van der Waals surface area (Å²) in [6.45, 7) is 3.97. The van der Waals surface area contributed by atoms with E-state index in [1.807, 2.05) is 13.8 Å². The smallest absolute Gasteiger partial charge is 0.265 e. The molecule has 0 radical (unpaired) electrons. The van der Waals surface area contributed by atoms with E-state index >= 15 is 0 Å². The van der Waals surface area contributed by atoms with Crippen molar-refractivity contribution in [2.45, 2.75) is 20.4 Å². The van der Waals surface area contributed by atoms with E-state index in [0.717, 1.165) is 16.8 Å². The van der Waals surface area contributed by atoms with Gasteiger partial charge < -0.3 is 0 Å². The molecule has 1 aromatic rings. The molecule has 0 saturated heterocycles. The summed E-state index contributed by atoms with van der Waals surface area (Å²) >= 11 is 0. The number of hydrogen-bond acceptors (Lipinski definition) is 4. The molecule has 0 fully saturated rings. The SMILES string of the molecule is CC(C)CONC(=O)Cn1[nH]c(=O)ccc1=O. The number of hydrogen-bond donors (Lipinski definition) is 2. The first-order chi connectivity index (χ1) is 7.99. The standard InChI is InChI=1S/C10H15N3O4/c1-7(2)6-17-12-9(15)5-13-10(16)4-3-8(14)11-13/h3-4,7H,5-6H2,1-2H3,(H,11,14)(H,12,15). The van der Waals surface area contributed by atoms with Crippen LogP contribution in [0.5, 0.6) is 0 Å². The van der Waals surface area contributed by atoms with Crippen LogP contribution in [0.1, 0.15) is 13.8 Å². The van der Waals surface area contributed by atoms with E-state index < -0.39 is 17.0 Å². The molecule has 0 saturated carbocycles. The van der Waals surface area contributed by atoms with Gasteiger partial charge in [0.25, 0.3) is 17.0 Å². The molecule has 0 aromatic carbocycles. The molecular formula is C10H15N3O4. The summed E-state index contributed by atoms with van der Waals surface area (Å²) in [6.07, 6.45) is 0. The van der Waals surface area contributed by atoms with Crippen LogP contribution in [-0.2, 0) is 16.2 Å². The summed E-state index contributed by atoms with van der Waals surface area (Å²) in [5, 5.41) is 2.24. The molecule has 0 spiro atoms. The Hall–Kier alpha value is -1.89. The van der Waals surface area contributed by atoms with Crippen molar-refractivity contribution < 1.29 is 9.63 Å². The van der Waals surface area contributed by atoms with E-state index in [-0.39, 0.29) is 12.5 Å². The number of amides is 1. The summed E-state index contributed by atoms with van der Waals surface area (Å²) in [5.41, 5.74) is 1.29. The Balaban J connectivity index is 2.53. The van der Waals surface area contributed by atoms with Crippen LogP contribution in [0.15, 0.2) is 21.7 Å². The van der Waals surface area contributed by atoms with Crippen molar-refractivity contribution in [2.24, 2.45) is 5.92 Å². The quantitative estimate of drug-likeness (QED) is 0.663. The van der Waals surface area contributed by atoms with Crippen LogP contribution >= 0.6 is 0 Å². The minimum atomic E-state index is -0.505. The number of rotatable bonds is 5. The Morgan fingerprint density at radius 1 is 1.47 bits per heavy atom. The molecule has 1 heterocycles. The molecular weight excluding hydrogens is 226 g/mol. The lowest BCUT2D eigenvalue weighted by atomic mass is 10.2. The van der Waals surface area contributed by atoms with Gasteiger partial charge in [0.1, 0.15) is 6.54 Å². The largest absolute Gasteiger partial charge is 0.273 e. The predicted molar refractivity (Wildman–Crippen MR) is 60.3 cm³/mol. The Kier molecular flexibility index (Phi) is 4.65. The van der Waals surface area contributed by atoms with Gasteiger partial charge in [0.05, 0.1) is 6.61 Å². The Morgan fingerprint density at radius 3 is 2.82 bits per heavy atom. The van der Waals surface area contributed by atoms with Crippen LogP contribution in [0.2, 0.25) is 0 Å². The molecule has 7 heteroatoms. The molecule has 0 aliphatic carbocycles. The summed E-state index contributed by atoms with van der Waals surface area (Å²) < 4.78 is 0.913. The molecule has 0 bridgehead atoms. The van der Waals surface area contributed by atoms with Gasteiger partial charge >= 0.3 is 0 Å². The molecule has 1 amide bonds. The Bertz CT molecular complexity index is 489. The number of carbonyl (C=O) groups is 1. The van der Waals surface area contributed by atoms with Gasteiger partial charge in [0, 0.05) is 12.1 Å². The van der Waals surface area contributed by atoms with Gasteiger partial charge in [0.2, 0.25) is 0 Å². The fourth-order valence-corrected chi connectivity index (χ4v) is 1.04. The van der Waals surface area contributed by atoms with Crippen LogP contribution in [0.25, 0.3) is 0 Å². The maximum absolute atomic E-state index is 11.3. The molecule has 0 aliphatic rings. The third-order valence-electron chi connectivity index (χ3n) is 1.79. The molecule has 1 aromatic heterocycles. The van der Waals surface area contributed by atoms with Crippen molar-refractivity contribution in [1.29, 1.82) is 0 Å². The Labute approximate surface area is 97.3 Å². The highest BCUT2D eigenvalue weighted by atomic mass is 16.6.